The summed E-state index contributed by atoms with van der Waals surface area (Å²) in [5.41, 5.74) is 1.23. The van der Waals surface area contributed by atoms with E-state index in [0.29, 0.717) is 23.4 Å². The van der Waals surface area contributed by atoms with Crippen LogP contribution in [0.1, 0.15) is 17.3 Å². The zero-order valence-electron chi connectivity index (χ0n) is 13.6. The Balaban J connectivity index is 2.12. The van der Waals surface area contributed by atoms with E-state index in [-0.39, 0.29) is 11.0 Å². The molecule has 0 bridgehead atoms. The molecule has 1 N–H and O–H groups in total. The molecular weight excluding hydrogens is 304 g/mol. The Morgan fingerprint density at radius 3 is 2.58 bits per heavy atom. The third-order valence-electron chi connectivity index (χ3n) is 3.90. The average molecular weight is 322 g/mol. The van der Waals surface area contributed by atoms with Gasteiger partial charge in [-0.15, -0.1) is 0 Å². The molecule has 1 heterocycles. The van der Waals surface area contributed by atoms with Crippen molar-refractivity contribution in [2.45, 2.75) is 13.5 Å². The van der Waals surface area contributed by atoms with E-state index in [9.17, 15) is 9.59 Å². The Morgan fingerprint density at radius 2 is 1.92 bits per heavy atom. The molecule has 1 aromatic heterocycles. The maximum atomic E-state index is 12.8. The molecule has 2 aromatic carbocycles. The lowest BCUT2D eigenvalue weighted by Crippen LogP contribution is -2.23. The molecule has 0 atom stereocenters. The van der Waals surface area contributed by atoms with Gasteiger partial charge in [0.15, 0.2) is 0 Å². The van der Waals surface area contributed by atoms with Crippen LogP contribution in [0.3, 0.4) is 0 Å². The molecule has 122 valence electrons. The summed E-state index contributed by atoms with van der Waals surface area (Å²) in [7, 11) is 1.55. The van der Waals surface area contributed by atoms with E-state index in [1.807, 2.05) is 35.8 Å². The van der Waals surface area contributed by atoms with E-state index in [0.717, 1.165) is 5.52 Å². The second kappa shape index (κ2) is 6.58. The number of amides is 1. The van der Waals surface area contributed by atoms with Gasteiger partial charge >= 0.3 is 0 Å². The molecule has 1 amide bonds. The maximum Gasteiger partial charge on any atom is 0.261 e. The number of anilines is 1. The standard InChI is InChI=1S/C19H18N2O3/c1-3-21-12-16(19(23)20-13-7-5-4-6-8-13)18(22)15-11-14(24-2)9-10-17(15)21/h4-12H,3H2,1-2H3,(H,20,23). The van der Waals surface area contributed by atoms with Crippen LogP contribution in [0.4, 0.5) is 5.69 Å². The van der Waals surface area contributed by atoms with Gasteiger partial charge in [-0.1, -0.05) is 18.2 Å². The molecule has 5 heteroatoms. The lowest BCUT2D eigenvalue weighted by atomic mass is 10.1. The van der Waals surface area contributed by atoms with Crippen LogP contribution in [0.2, 0.25) is 0 Å². The molecule has 0 aliphatic carbocycles. The van der Waals surface area contributed by atoms with Crippen molar-refractivity contribution in [1.29, 1.82) is 0 Å². The Bertz CT molecular complexity index is 946. The predicted molar refractivity (Wildman–Crippen MR) is 94.8 cm³/mol. The van der Waals surface area contributed by atoms with Crippen LogP contribution in [-0.4, -0.2) is 17.6 Å². The SMILES string of the molecule is CCn1cc(C(=O)Nc2ccccc2)c(=O)c2cc(OC)ccc21. The first-order valence-electron chi connectivity index (χ1n) is 7.71. The van der Waals surface area contributed by atoms with E-state index in [2.05, 4.69) is 5.32 Å². The van der Waals surface area contributed by atoms with Gasteiger partial charge in [-0.2, -0.15) is 0 Å². The molecule has 0 saturated heterocycles. The van der Waals surface area contributed by atoms with Crippen molar-refractivity contribution in [1.82, 2.24) is 4.57 Å². The van der Waals surface area contributed by atoms with Gasteiger partial charge in [0.1, 0.15) is 11.3 Å². The van der Waals surface area contributed by atoms with Crippen molar-refractivity contribution in [2.24, 2.45) is 0 Å². The van der Waals surface area contributed by atoms with Crippen molar-refractivity contribution in [3.63, 3.8) is 0 Å². The van der Waals surface area contributed by atoms with Gasteiger partial charge in [0.2, 0.25) is 5.43 Å². The predicted octanol–water partition coefficient (Wildman–Crippen LogP) is 3.28. The van der Waals surface area contributed by atoms with Crippen LogP contribution in [0.25, 0.3) is 10.9 Å². The molecule has 0 unspecified atom stereocenters. The van der Waals surface area contributed by atoms with Gasteiger partial charge in [-0.3, -0.25) is 9.59 Å². The molecule has 3 rings (SSSR count). The summed E-state index contributed by atoms with van der Waals surface area (Å²) >= 11 is 0. The zero-order chi connectivity index (χ0) is 17.1. The molecule has 0 fully saturated rings. The number of aryl methyl sites for hydroxylation is 1. The molecule has 24 heavy (non-hydrogen) atoms. The number of rotatable bonds is 4. The van der Waals surface area contributed by atoms with Crippen molar-refractivity contribution in [3.05, 3.63) is 70.5 Å². The summed E-state index contributed by atoms with van der Waals surface area (Å²) in [6.07, 6.45) is 1.61. The highest BCUT2D eigenvalue weighted by Gasteiger charge is 2.16. The number of fused-ring (bicyclic) bond motifs is 1. The van der Waals surface area contributed by atoms with E-state index in [1.54, 1.807) is 37.6 Å². The largest absolute Gasteiger partial charge is 0.497 e. The van der Waals surface area contributed by atoms with Crippen molar-refractivity contribution < 1.29 is 9.53 Å². The first-order valence-corrected chi connectivity index (χ1v) is 7.71. The number of aromatic nitrogens is 1. The normalized spacial score (nSPS) is 10.6. The third kappa shape index (κ3) is 2.88. The zero-order valence-corrected chi connectivity index (χ0v) is 13.6. The maximum absolute atomic E-state index is 12.8. The molecule has 0 spiro atoms. The van der Waals surface area contributed by atoms with Crippen molar-refractivity contribution in [3.8, 4) is 5.75 Å². The summed E-state index contributed by atoms with van der Waals surface area (Å²) in [6.45, 7) is 2.61. The fourth-order valence-corrected chi connectivity index (χ4v) is 2.65. The summed E-state index contributed by atoms with van der Waals surface area (Å²) in [6, 6.07) is 14.4. The Labute approximate surface area is 139 Å². The van der Waals surface area contributed by atoms with E-state index in [1.165, 1.54) is 0 Å². The minimum Gasteiger partial charge on any atom is -0.497 e. The Hall–Kier alpha value is -3.08. The van der Waals surface area contributed by atoms with Gasteiger partial charge < -0.3 is 14.6 Å². The quantitative estimate of drug-likeness (QED) is 0.802. The number of methoxy groups -OCH3 is 1. The number of benzene rings is 2. The third-order valence-corrected chi connectivity index (χ3v) is 3.90. The number of hydrogen-bond donors (Lipinski definition) is 1. The first-order chi connectivity index (χ1) is 11.6. The van der Waals surface area contributed by atoms with Crippen molar-refractivity contribution in [2.75, 3.05) is 12.4 Å². The van der Waals surface area contributed by atoms with Gasteiger partial charge in [-0.05, 0) is 37.3 Å². The summed E-state index contributed by atoms with van der Waals surface area (Å²) in [4.78, 5) is 25.3. The second-order valence-electron chi connectivity index (χ2n) is 5.36. The number of carbonyl (C=O) groups excluding carboxylic acids is 1. The van der Waals surface area contributed by atoms with Gasteiger partial charge in [0.05, 0.1) is 18.0 Å². The van der Waals surface area contributed by atoms with Crippen LogP contribution in [0.15, 0.2) is 59.5 Å². The number of hydrogen-bond acceptors (Lipinski definition) is 3. The Morgan fingerprint density at radius 1 is 1.17 bits per heavy atom. The van der Waals surface area contributed by atoms with Crippen LogP contribution in [-0.2, 0) is 6.54 Å². The smallest absolute Gasteiger partial charge is 0.261 e. The molecule has 5 nitrogen and oxygen atoms in total. The number of pyridine rings is 1. The van der Waals surface area contributed by atoms with Crippen LogP contribution in [0, 0.1) is 0 Å². The lowest BCUT2D eigenvalue weighted by Gasteiger charge is -2.12. The van der Waals surface area contributed by atoms with Crippen LogP contribution >= 0.6 is 0 Å². The highest BCUT2D eigenvalue weighted by atomic mass is 16.5. The van der Waals surface area contributed by atoms with E-state index >= 15 is 0 Å². The molecular formula is C19H18N2O3. The highest BCUT2D eigenvalue weighted by Crippen LogP contribution is 2.19. The average Bonchev–Trinajstić information content (AvgIpc) is 2.62. The highest BCUT2D eigenvalue weighted by molar-refractivity contribution is 6.05. The molecule has 0 saturated carbocycles. The number of carbonyl (C=O) groups is 1. The fourth-order valence-electron chi connectivity index (χ4n) is 2.65. The minimum absolute atomic E-state index is 0.112. The molecule has 0 aliphatic heterocycles. The minimum atomic E-state index is -0.418. The van der Waals surface area contributed by atoms with E-state index in [4.69, 9.17) is 4.74 Å². The van der Waals surface area contributed by atoms with Crippen LogP contribution < -0.4 is 15.5 Å². The number of para-hydroxylation sites is 1. The van der Waals surface area contributed by atoms with Gasteiger partial charge in [0.25, 0.3) is 5.91 Å². The van der Waals surface area contributed by atoms with E-state index < -0.39 is 5.91 Å². The second-order valence-corrected chi connectivity index (χ2v) is 5.36. The number of nitrogens with zero attached hydrogens (tertiary/aromatic N) is 1. The molecule has 3 aromatic rings. The van der Waals surface area contributed by atoms with Crippen LogP contribution in [0.5, 0.6) is 5.75 Å². The summed E-state index contributed by atoms with van der Waals surface area (Å²) in [5.74, 6) is 0.168. The number of nitrogens with one attached hydrogen (secondary N) is 1. The number of ether oxygens (including phenoxy) is 1. The lowest BCUT2D eigenvalue weighted by molar-refractivity contribution is 0.102. The monoisotopic (exact) mass is 322 g/mol. The Kier molecular flexibility index (Phi) is 4.33. The van der Waals surface area contributed by atoms with Crippen molar-refractivity contribution >= 4 is 22.5 Å². The fraction of sp³-hybridized carbons (Fsp3) is 0.158. The summed E-state index contributed by atoms with van der Waals surface area (Å²) < 4.78 is 7.08. The summed E-state index contributed by atoms with van der Waals surface area (Å²) in [5, 5.41) is 3.23. The van der Waals surface area contributed by atoms with Gasteiger partial charge in [0, 0.05) is 18.4 Å². The topological polar surface area (TPSA) is 60.3 Å². The molecule has 0 aliphatic rings. The van der Waals surface area contributed by atoms with Gasteiger partial charge in [-0.25, -0.2) is 0 Å². The first kappa shape index (κ1) is 15.8. The molecule has 0 radical (unpaired) electrons.